The highest BCUT2D eigenvalue weighted by Crippen LogP contribution is 2.12. The van der Waals surface area contributed by atoms with E-state index in [-0.39, 0.29) is 11.8 Å². The fourth-order valence-electron chi connectivity index (χ4n) is 2.59. The second-order valence-corrected chi connectivity index (χ2v) is 5.56. The molecule has 0 aliphatic heterocycles. The molecule has 5 nitrogen and oxygen atoms in total. The number of amides is 2. The van der Waals surface area contributed by atoms with Crippen molar-refractivity contribution in [3.63, 3.8) is 0 Å². The lowest BCUT2D eigenvalue weighted by Gasteiger charge is -2.11. The first-order valence-corrected chi connectivity index (χ1v) is 8.45. The van der Waals surface area contributed by atoms with E-state index >= 15 is 0 Å². The van der Waals surface area contributed by atoms with Gasteiger partial charge in [-0.25, -0.2) is 0 Å². The maximum Gasteiger partial charge on any atom is 0.251 e. The van der Waals surface area contributed by atoms with Gasteiger partial charge in [-0.1, -0.05) is 42.5 Å². The Labute approximate surface area is 153 Å². The van der Waals surface area contributed by atoms with Gasteiger partial charge in [0.15, 0.2) is 0 Å². The van der Waals surface area contributed by atoms with E-state index in [1.807, 2.05) is 25.1 Å². The van der Waals surface area contributed by atoms with Crippen molar-refractivity contribution in [2.75, 3.05) is 13.1 Å². The van der Waals surface area contributed by atoms with Crippen LogP contribution in [-0.2, 0) is 11.2 Å². The lowest BCUT2D eigenvalue weighted by molar-refractivity contribution is 0.0949. The maximum atomic E-state index is 12.4. The molecule has 2 aromatic rings. The number of rotatable bonds is 8. The highest BCUT2D eigenvalue weighted by molar-refractivity contribution is 5.98. The Bertz CT molecular complexity index is 812. The predicted molar refractivity (Wildman–Crippen MR) is 102 cm³/mol. The quantitative estimate of drug-likeness (QED) is 0.719. The molecule has 2 N–H and O–H groups in total. The third-order valence-electron chi connectivity index (χ3n) is 3.82. The van der Waals surface area contributed by atoms with Crippen molar-refractivity contribution in [3.05, 3.63) is 76.9 Å². The van der Waals surface area contributed by atoms with Gasteiger partial charge in [0.1, 0.15) is 0 Å². The fourth-order valence-corrected chi connectivity index (χ4v) is 2.59. The molecule has 0 unspecified atom stereocenters. The summed E-state index contributed by atoms with van der Waals surface area (Å²) in [4.78, 5) is 34.9. The first-order valence-electron chi connectivity index (χ1n) is 8.45. The molecule has 26 heavy (non-hydrogen) atoms. The van der Waals surface area contributed by atoms with Crippen LogP contribution in [0.4, 0.5) is 0 Å². The Morgan fingerprint density at radius 1 is 0.962 bits per heavy atom. The Morgan fingerprint density at radius 3 is 2.35 bits per heavy atom. The Morgan fingerprint density at radius 2 is 1.62 bits per heavy atom. The van der Waals surface area contributed by atoms with Crippen molar-refractivity contribution >= 4 is 24.2 Å². The van der Waals surface area contributed by atoms with Gasteiger partial charge in [-0.15, -0.1) is 0 Å². The molecule has 133 valence electrons. The smallest absolute Gasteiger partial charge is 0.251 e. The molecule has 0 atom stereocenters. The molecular weight excluding hydrogens is 328 g/mol. The predicted octanol–water partition coefficient (Wildman–Crippen LogP) is 2.53. The third kappa shape index (κ3) is 5.14. The minimum absolute atomic E-state index is 0.116. The van der Waals surface area contributed by atoms with E-state index in [0.29, 0.717) is 36.2 Å². The zero-order valence-electron chi connectivity index (χ0n) is 14.6. The molecule has 0 spiro atoms. The van der Waals surface area contributed by atoms with Crippen molar-refractivity contribution in [2.24, 2.45) is 0 Å². The van der Waals surface area contributed by atoms with Gasteiger partial charge in [0.2, 0.25) is 6.29 Å². The fraction of sp³-hybridized carbons (Fsp3) is 0.190. The summed E-state index contributed by atoms with van der Waals surface area (Å²) in [6.45, 7) is 2.83. The Kier molecular flexibility index (Phi) is 7.31. The summed E-state index contributed by atoms with van der Waals surface area (Å²) in [5, 5.41) is 5.65. The average Bonchev–Trinajstić information content (AvgIpc) is 2.67. The second-order valence-electron chi connectivity index (χ2n) is 5.56. The first-order chi connectivity index (χ1) is 12.7. The molecule has 0 fully saturated rings. The minimum Gasteiger partial charge on any atom is -0.352 e. The standard InChI is InChI=1S/C21H21N2O3/c1-2-22-20(25)19-12-6-4-9-17(19)13-14-23-21(26)18-11-5-3-8-16(18)10-7-15-24/h3-12H,2,13-14H2,1H3,(H,22,25)(H,23,26)/b10-7+. The zero-order chi connectivity index (χ0) is 18.8. The van der Waals surface area contributed by atoms with E-state index in [2.05, 4.69) is 10.6 Å². The number of hydrogen-bond acceptors (Lipinski definition) is 3. The van der Waals surface area contributed by atoms with E-state index in [1.54, 1.807) is 42.7 Å². The van der Waals surface area contributed by atoms with Crippen LogP contribution in [-0.4, -0.2) is 31.2 Å². The number of benzene rings is 2. The Hall–Kier alpha value is -3.21. The number of hydrogen-bond donors (Lipinski definition) is 2. The van der Waals surface area contributed by atoms with Gasteiger partial charge in [0.05, 0.1) is 0 Å². The van der Waals surface area contributed by atoms with Crippen LogP contribution in [0.15, 0.2) is 54.6 Å². The molecule has 0 saturated heterocycles. The normalized spacial score (nSPS) is 10.5. The average molecular weight is 349 g/mol. The number of allylic oxidation sites excluding steroid dienone is 1. The van der Waals surface area contributed by atoms with E-state index in [0.717, 1.165) is 5.56 Å². The minimum atomic E-state index is -0.230. The summed E-state index contributed by atoms with van der Waals surface area (Å²) in [6, 6.07) is 14.4. The summed E-state index contributed by atoms with van der Waals surface area (Å²) in [5.41, 5.74) is 2.63. The topological polar surface area (TPSA) is 75.3 Å². The highest BCUT2D eigenvalue weighted by atomic mass is 16.2. The van der Waals surface area contributed by atoms with Crippen molar-refractivity contribution in [3.8, 4) is 0 Å². The summed E-state index contributed by atoms with van der Waals surface area (Å²) in [7, 11) is 0. The molecule has 0 heterocycles. The SMILES string of the molecule is CCNC(=O)c1ccccc1CCNC(=O)c1ccccc1/C=C/[C]=O. The molecule has 0 saturated carbocycles. The molecule has 0 aliphatic rings. The highest BCUT2D eigenvalue weighted by Gasteiger charge is 2.11. The molecule has 2 rings (SSSR count). The van der Waals surface area contributed by atoms with Gasteiger partial charge in [-0.05, 0) is 42.7 Å². The van der Waals surface area contributed by atoms with Crippen LogP contribution < -0.4 is 10.6 Å². The van der Waals surface area contributed by atoms with Crippen LogP contribution >= 0.6 is 0 Å². The maximum absolute atomic E-state index is 12.4. The molecule has 0 aromatic heterocycles. The van der Waals surface area contributed by atoms with Gasteiger partial charge in [-0.2, -0.15) is 0 Å². The zero-order valence-corrected chi connectivity index (χ0v) is 14.6. The molecule has 2 amide bonds. The summed E-state index contributed by atoms with van der Waals surface area (Å²) in [5.74, 6) is -0.346. The van der Waals surface area contributed by atoms with Crippen LogP contribution in [0.2, 0.25) is 0 Å². The van der Waals surface area contributed by atoms with Crippen molar-refractivity contribution in [1.29, 1.82) is 0 Å². The van der Waals surface area contributed by atoms with Crippen LogP contribution in [0.5, 0.6) is 0 Å². The largest absolute Gasteiger partial charge is 0.352 e. The molecule has 0 aliphatic carbocycles. The second kappa shape index (κ2) is 9.93. The molecule has 1 radical (unpaired) electrons. The van der Waals surface area contributed by atoms with E-state index in [1.165, 1.54) is 6.08 Å². The lowest BCUT2D eigenvalue weighted by Crippen LogP contribution is -2.28. The third-order valence-corrected chi connectivity index (χ3v) is 3.82. The lowest BCUT2D eigenvalue weighted by atomic mass is 10.0. The van der Waals surface area contributed by atoms with Gasteiger partial charge in [0.25, 0.3) is 11.8 Å². The molecule has 0 bridgehead atoms. The van der Waals surface area contributed by atoms with Crippen LogP contribution in [0.1, 0.15) is 38.8 Å². The van der Waals surface area contributed by atoms with Gasteiger partial charge < -0.3 is 10.6 Å². The first kappa shape index (κ1) is 19.1. The van der Waals surface area contributed by atoms with Gasteiger partial charge >= 0.3 is 0 Å². The van der Waals surface area contributed by atoms with Crippen LogP contribution in [0, 0.1) is 0 Å². The Balaban J connectivity index is 2.03. The summed E-state index contributed by atoms with van der Waals surface area (Å²) < 4.78 is 0. The number of nitrogens with one attached hydrogen (secondary N) is 2. The molecular formula is C21H21N2O3. The van der Waals surface area contributed by atoms with Crippen molar-refractivity contribution in [2.45, 2.75) is 13.3 Å². The van der Waals surface area contributed by atoms with Crippen LogP contribution in [0.3, 0.4) is 0 Å². The van der Waals surface area contributed by atoms with Gasteiger partial charge in [-0.3, -0.25) is 14.4 Å². The molecule has 2 aromatic carbocycles. The monoisotopic (exact) mass is 349 g/mol. The van der Waals surface area contributed by atoms with E-state index < -0.39 is 0 Å². The summed E-state index contributed by atoms with van der Waals surface area (Å²) in [6.07, 6.45) is 4.99. The van der Waals surface area contributed by atoms with Crippen molar-refractivity contribution in [1.82, 2.24) is 10.6 Å². The summed E-state index contributed by atoms with van der Waals surface area (Å²) >= 11 is 0. The van der Waals surface area contributed by atoms with Crippen LogP contribution in [0.25, 0.3) is 6.08 Å². The van der Waals surface area contributed by atoms with Crippen molar-refractivity contribution < 1.29 is 14.4 Å². The molecule has 5 heteroatoms. The van der Waals surface area contributed by atoms with E-state index in [4.69, 9.17) is 0 Å². The van der Waals surface area contributed by atoms with E-state index in [9.17, 15) is 14.4 Å². The van der Waals surface area contributed by atoms with Gasteiger partial charge in [0, 0.05) is 24.2 Å². The number of carbonyl (C=O) groups excluding carboxylic acids is 3. The number of carbonyl (C=O) groups is 2.